The van der Waals surface area contributed by atoms with E-state index in [-0.39, 0.29) is 0 Å². The van der Waals surface area contributed by atoms with Crippen molar-refractivity contribution in [1.82, 2.24) is 4.57 Å². The van der Waals surface area contributed by atoms with E-state index >= 15 is 0 Å². The number of amidine groups is 2. The summed E-state index contributed by atoms with van der Waals surface area (Å²) >= 11 is 0. The number of rotatable bonds is 7. The summed E-state index contributed by atoms with van der Waals surface area (Å²) in [5, 5.41) is 4.68. The highest BCUT2D eigenvalue weighted by molar-refractivity contribution is 6.13. The molecule has 10 aromatic rings. The van der Waals surface area contributed by atoms with Crippen LogP contribution in [0.15, 0.2) is 214 Å². The van der Waals surface area contributed by atoms with E-state index in [1.165, 1.54) is 10.8 Å². The Kier molecular flexibility index (Phi) is 8.65. The van der Waals surface area contributed by atoms with E-state index in [9.17, 15) is 0 Å². The van der Waals surface area contributed by atoms with Crippen LogP contribution in [-0.4, -0.2) is 23.0 Å². The largest absolute Gasteiger partial charge is 0.456 e. The second kappa shape index (κ2) is 14.5. The summed E-state index contributed by atoms with van der Waals surface area (Å²) in [6.07, 6.45) is 0. The van der Waals surface area contributed by atoms with Crippen molar-refractivity contribution in [1.29, 1.82) is 0 Å². The van der Waals surface area contributed by atoms with Crippen molar-refractivity contribution in [2.45, 2.75) is 6.54 Å². The van der Waals surface area contributed by atoms with Gasteiger partial charge in [-0.1, -0.05) is 146 Å². The fourth-order valence-electron chi connectivity index (χ4n) is 7.91. The molecule has 0 aliphatic rings. The summed E-state index contributed by atoms with van der Waals surface area (Å²) in [7, 11) is 0. The third kappa shape index (κ3) is 6.31. The van der Waals surface area contributed by atoms with Crippen LogP contribution in [0.2, 0.25) is 0 Å². The second-order valence-corrected chi connectivity index (χ2v) is 14.1. The van der Waals surface area contributed by atoms with Gasteiger partial charge >= 0.3 is 0 Å². The molecule has 0 aliphatic heterocycles. The Labute approximate surface area is 330 Å². The maximum atomic E-state index is 6.25. The van der Waals surface area contributed by atoms with Crippen LogP contribution in [0.4, 0.5) is 0 Å². The highest BCUT2D eigenvalue weighted by Gasteiger charge is 2.16. The highest BCUT2D eigenvalue weighted by atomic mass is 16.3. The Bertz CT molecular complexity index is 3170. The number of fused-ring (bicyclic) bond motifs is 6. The zero-order valence-electron chi connectivity index (χ0n) is 31.1. The van der Waals surface area contributed by atoms with Gasteiger partial charge in [0.2, 0.25) is 0 Å². The first-order valence-corrected chi connectivity index (χ1v) is 19.1. The lowest BCUT2D eigenvalue weighted by Crippen LogP contribution is -2.05. The first kappa shape index (κ1) is 33.9. The summed E-state index contributed by atoms with van der Waals surface area (Å²) in [4.78, 5) is 14.3. The van der Waals surface area contributed by atoms with Crippen LogP contribution >= 0.6 is 0 Å². The van der Waals surface area contributed by atoms with Crippen molar-refractivity contribution in [3.8, 4) is 27.9 Å². The van der Waals surface area contributed by atoms with Gasteiger partial charge in [0.25, 0.3) is 0 Å². The number of para-hydroxylation sites is 2. The van der Waals surface area contributed by atoms with E-state index in [1.807, 2.05) is 72.8 Å². The lowest BCUT2D eigenvalue weighted by Gasteiger charge is -2.13. The maximum absolute atomic E-state index is 6.25. The van der Waals surface area contributed by atoms with Gasteiger partial charge in [0.1, 0.15) is 11.2 Å². The van der Waals surface area contributed by atoms with Crippen LogP contribution < -0.4 is 0 Å². The van der Waals surface area contributed by atoms with Crippen LogP contribution in [0.25, 0.3) is 71.7 Å². The molecule has 0 aliphatic carbocycles. The average Bonchev–Trinajstić information content (AvgIpc) is 3.82. The molecule has 0 atom stereocenters. The smallest absolute Gasteiger partial charge is 0.161 e. The van der Waals surface area contributed by atoms with Gasteiger partial charge in [-0.2, -0.15) is 0 Å². The predicted molar refractivity (Wildman–Crippen MR) is 238 cm³/mol. The Morgan fingerprint density at radius 3 is 1.95 bits per heavy atom. The van der Waals surface area contributed by atoms with E-state index in [1.54, 1.807) is 0 Å². The lowest BCUT2D eigenvalue weighted by molar-refractivity contribution is 0.669. The van der Waals surface area contributed by atoms with Crippen molar-refractivity contribution >= 4 is 62.1 Å². The van der Waals surface area contributed by atoms with Crippen LogP contribution in [0, 0.1) is 0 Å². The molecule has 5 nitrogen and oxygen atoms in total. The molecular weight excluding hydrogens is 697 g/mol. The van der Waals surface area contributed by atoms with Crippen molar-refractivity contribution in [3.63, 3.8) is 0 Å². The molecule has 0 fully saturated rings. The van der Waals surface area contributed by atoms with Gasteiger partial charge in [0.15, 0.2) is 11.7 Å². The Balaban J connectivity index is 1.03. The number of furan rings is 1. The molecule has 0 unspecified atom stereocenters. The molecule has 5 heteroatoms. The van der Waals surface area contributed by atoms with Crippen LogP contribution in [0.5, 0.6) is 0 Å². The molecule has 0 radical (unpaired) electrons. The minimum Gasteiger partial charge on any atom is -0.456 e. The number of aliphatic imine (C=N–C) groups is 3. The average molecular weight is 733 g/mol. The molecule has 0 bridgehead atoms. The Morgan fingerprint density at radius 1 is 0.474 bits per heavy atom. The summed E-state index contributed by atoms with van der Waals surface area (Å²) in [5.74, 6) is 1.14. The van der Waals surface area contributed by atoms with Gasteiger partial charge in [-0.25, -0.2) is 9.98 Å². The monoisotopic (exact) mass is 732 g/mol. The van der Waals surface area contributed by atoms with Crippen molar-refractivity contribution in [2.75, 3.05) is 0 Å². The standard InChI is InChI=1S/C52H36N4O/c1-53-51(35-15-4-2-5-16-35)55-52(36-17-6-3-7-18-36)54-34-40-19-8-9-22-42(40)39-20-14-21-41(31-39)56-47-25-12-10-23-43(47)46-32-37(28-30-48(46)56)38-27-29-45-44-24-11-13-26-49(44)57-50(45)33-38/h2-33H,1,34H2. The van der Waals surface area contributed by atoms with Gasteiger partial charge in [-0.05, 0) is 83.1 Å². The van der Waals surface area contributed by atoms with Gasteiger partial charge in [-0.15, -0.1) is 0 Å². The minimum atomic E-state index is 0.436. The molecule has 0 spiro atoms. The van der Waals surface area contributed by atoms with E-state index in [2.05, 4.69) is 138 Å². The highest BCUT2D eigenvalue weighted by Crippen LogP contribution is 2.38. The van der Waals surface area contributed by atoms with Gasteiger partial charge < -0.3 is 8.98 Å². The zero-order chi connectivity index (χ0) is 38.1. The summed E-state index contributed by atoms with van der Waals surface area (Å²) in [6, 6.07) is 67.4. The molecular formula is C52H36N4O. The van der Waals surface area contributed by atoms with Gasteiger partial charge in [0.05, 0.1) is 17.6 Å². The molecule has 10 rings (SSSR count). The maximum Gasteiger partial charge on any atom is 0.161 e. The van der Waals surface area contributed by atoms with E-state index in [0.29, 0.717) is 18.2 Å². The lowest BCUT2D eigenvalue weighted by atomic mass is 9.99. The summed E-state index contributed by atoms with van der Waals surface area (Å²) in [6.45, 7) is 4.25. The molecule has 57 heavy (non-hydrogen) atoms. The van der Waals surface area contributed by atoms with Crippen molar-refractivity contribution < 1.29 is 4.42 Å². The van der Waals surface area contributed by atoms with Gasteiger partial charge in [-0.3, -0.25) is 4.99 Å². The number of nitrogens with zero attached hydrogens (tertiary/aromatic N) is 4. The Hall–Kier alpha value is -7.63. The fourth-order valence-corrected chi connectivity index (χ4v) is 7.91. The van der Waals surface area contributed by atoms with Crippen LogP contribution in [0.3, 0.4) is 0 Å². The predicted octanol–water partition coefficient (Wildman–Crippen LogP) is 13.1. The first-order valence-electron chi connectivity index (χ1n) is 19.1. The fraction of sp³-hybridized carbons (Fsp3) is 0.0192. The summed E-state index contributed by atoms with van der Waals surface area (Å²) in [5.41, 5.74) is 12.6. The normalized spacial score (nSPS) is 12.2. The van der Waals surface area contributed by atoms with Crippen LogP contribution in [-0.2, 0) is 6.54 Å². The Morgan fingerprint density at radius 2 is 1.12 bits per heavy atom. The molecule has 2 aromatic heterocycles. The molecule has 8 aromatic carbocycles. The van der Waals surface area contributed by atoms with Gasteiger partial charge in [0, 0.05) is 38.4 Å². The first-order chi connectivity index (χ1) is 28.2. The third-order valence-corrected chi connectivity index (χ3v) is 10.6. The third-order valence-electron chi connectivity index (χ3n) is 10.6. The molecule has 0 amide bonds. The van der Waals surface area contributed by atoms with Crippen LogP contribution in [0.1, 0.15) is 16.7 Å². The SMILES string of the molecule is C=NC(=NC(=NCc1ccccc1-c1cccc(-n2c3ccccc3c3cc(-c4ccc5c(c4)oc4ccccc45)ccc32)c1)c1ccccc1)c1ccccc1. The number of hydrogen-bond acceptors (Lipinski definition) is 2. The summed E-state index contributed by atoms with van der Waals surface area (Å²) < 4.78 is 8.62. The van der Waals surface area contributed by atoms with Crippen molar-refractivity contribution in [2.24, 2.45) is 15.0 Å². The number of aromatic nitrogens is 1. The van der Waals surface area contributed by atoms with E-state index in [0.717, 1.165) is 77.6 Å². The molecule has 0 saturated carbocycles. The zero-order valence-corrected chi connectivity index (χ0v) is 31.1. The topological polar surface area (TPSA) is 55.1 Å². The quantitative estimate of drug-likeness (QED) is 0.119. The molecule has 0 N–H and O–H groups in total. The molecule has 0 saturated heterocycles. The number of benzene rings is 8. The van der Waals surface area contributed by atoms with E-state index < -0.39 is 0 Å². The van der Waals surface area contributed by atoms with Crippen molar-refractivity contribution in [3.05, 3.63) is 211 Å². The second-order valence-electron chi connectivity index (χ2n) is 14.1. The van der Waals surface area contributed by atoms with E-state index in [4.69, 9.17) is 14.4 Å². The number of hydrogen-bond donors (Lipinski definition) is 0. The molecule has 270 valence electrons. The molecule has 2 heterocycles. The minimum absolute atomic E-state index is 0.436.